The third-order valence-corrected chi connectivity index (χ3v) is 11.8. The van der Waals surface area contributed by atoms with Gasteiger partial charge in [-0.25, -0.2) is 0 Å². The van der Waals surface area contributed by atoms with Crippen molar-refractivity contribution in [3.63, 3.8) is 0 Å². The minimum absolute atomic E-state index is 0.0634. The van der Waals surface area contributed by atoms with Crippen LogP contribution in [0, 0.1) is 5.92 Å². The molecule has 0 fully saturated rings. The third-order valence-electron chi connectivity index (χ3n) is 11.8. The molecule has 6 heteroatoms. The molecule has 0 N–H and O–H groups in total. The maximum Gasteiger partial charge on any atom is 0.306 e. The van der Waals surface area contributed by atoms with Crippen LogP contribution >= 0.6 is 0 Å². The molecule has 0 rings (SSSR count). The molecule has 0 aromatic rings. The highest BCUT2D eigenvalue weighted by Gasteiger charge is 2.19. The smallest absolute Gasteiger partial charge is 0.306 e. The third kappa shape index (κ3) is 45.5. The summed E-state index contributed by atoms with van der Waals surface area (Å²) in [6.45, 7) is 8.98. The van der Waals surface area contributed by atoms with Crippen molar-refractivity contribution in [1.29, 1.82) is 0 Å². The summed E-state index contributed by atoms with van der Waals surface area (Å²) in [7, 11) is 0. The van der Waals surface area contributed by atoms with Crippen LogP contribution in [0.4, 0.5) is 0 Å². The fourth-order valence-corrected chi connectivity index (χ4v) is 7.86. The Balaban J connectivity index is 4.17. The molecule has 0 heterocycles. The van der Waals surface area contributed by atoms with Crippen molar-refractivity contribution in [1.82, 2.24) is 0 Å². The average Bonchev–Trinajstić information content (AvgIpc) is 3.21. The van der Waals surface area contributed by atoms with Crippen molar-refractivity contribution in [2.75, 3.05) is 13.2 Å². The van der Waals surface area contributed by atoms with E-state index < -0.39 is 6.10 Å². The first-order valence-electron chi connectivity index (χ1n) is 25.9. The lowest BCUT2D eigenvalue weighted by Gasteiger charge is -2.18. The first-order valence-corrected chi connectivity index (χ1v) is 25.9. The number of esters is 3. The van der Waals surface area contributed by atoms with Gasteiger partial charge in [0.15, 0.2) is 6.10 Å². The average molecular weight is 821 g/mol. The highest BCUT2D eigenvalue weighted by Crippen LogP contribution is 2.17. The monoisotopic (exact) mass is 821 g/mol. The molecule has 0 saturated heterocycles. The molecular weight excluding hydrogens is 721 g/mol. The van der Waals surface area contributed by atoms with E-state index in [2.05, 4.69) is 27.7 Å². The molecule has 0 aliphatic heterocycles. The van der Waals surface area contributed by atoms with Crippen molar-refractivity contribution >= 4 is 17.9 Å². The van der Waals surface area contributed by atoms with Crippen LogP contribution in [-0.2, 0) is 28.6 Å². The van der Waals surface area contributed by atoms with E-state index in [1.807, 2.05) is 0 Å². The Kier molecular flexibility index (Phi) is 45.2. The maximum absolute atomic E-state index is 12.7. The highest BCUT2D eigenvalue weighted by molar-refractivity contribution is 5.71. The second-order valence-electron chi connectivity index (χ2n) is 18.3. The molecule has 0 saturated carbocycles. The van der Waals surface area contributed by atoms with E-state index in [9.17, 15) is 14.4 Å². The summed E-state index contributed by atoms with van der Waals surface area (Å²) in [4.78, 5) is 37.8. The van der Waals surface area contributed by atoms with Crippen LogP contribution < -0.4 is 0 Å². The Morgan fingerprint density at radius 3 is 0.845 bits per heavy atom. The van der Waals surface area contributed by atoms with Gasteiger partial charge in [0, 0.05) is 19.3 Å². The zero-order chi connectivity index (χ0) is 42.4. The summed E-state index contributed by atoms with van der Waals surface area (Å²) in [5, 5.41) is 0. The highest BCUT2D eigenvalue weighted by atomic mass is 16.6. The fraction of sp³-hybridized carbons (Fsp3) is 0.942. The van der Waals surface area contributed by atoms with Crippen LogP contribution in [-0.4, -0.2) is 37.2 Å². The summed E-state index contributed by atoms with van der Waals surface area (Å²) in [6.07, 6.45) is 48.2. The van der Waals surface area contributed by atoms with Gasteiger partial charge in [-0.3, -0.25) is 14.4 Å². The molecule has 6 nitrogen and oxygen atoms in total. The van der Waals surface area contributed by atoms with E-state index in [0.717, 1.165) is 63.7 Å². The van der Waals surface area contributed by atoms with Gasteiger partial charge < -0.3 is 14.2 Å². The second kappa shape index (κ2) is 46.5. The molecule has 0 bridgehead atoms. The van der Waals surface area contributed by atoms with E-state index in [-0.39, 0.29) is 31.1 Å². The van der Waals surface area contributed by atoms with Crippen LogP contribution in [0.2, 0.25) is 0 Å². The molecule has 58 heavy (non-hydrogen) atoms. The van der Waals surface area contributed by atoms with Crippen molar-refractivity contribution in [2.24, 2.45) is 5.92 Å². The normalized spacial score (nSPS) is 11.9. The van der Waals surface area contributed by atoms with Crippen molar-refractivity contribution in [2.45, 2.75) is 297 Å². The van der Waals surface area contributed by atoms with E-state index in [4.69, 9.17) is 14.2 Å². The van der Waals surface area contributed by atoms with Gasteiger partial charge in [-0.15, -0.1) is 0 Å². The Bertz CT molecular complexity index is 872. The molecule has 1 atom stereocenters. The van der Waals surface area contributed by atoms with Crippen molar-refractivity contribution < 1.29 is 28.6 Å². The van der Waals surface area contributed by atoms with E-state index in [1.165, 1.54) is 186 Å². The van der Waals surface area contributed by atoms with Crippen LogP contribution in [0.5, 0.6) is 0 Å². The molecule has 0 unspecified atom stereocenters. The molecule has 0 aromatic heterocycles. The Morgan fingerprint density at radius 1 is 0.328 bits per heavy atom. The van der Waals surface area contributed by atoms with E-state index in [0.29, 0.717) is 19.3 Å². The molecule has 0 radical (unpaired) electrons. The zero-order valence-corrected chi connectivity index (χ0v) is 39.5. The maximum atomic E-state index is 12.7. The Morgan fingerprint density at radius 2 is 0.569 bits per heavy atom. The van der Waals surface area contributed by atoms with Gasteiger partial charge in [-0.05, 0) is 25.2 Å². The molecule has 0 aliphatic carbocycles. The molecule has 0 aromatic carbocycles. The molecule has 0 aliphatic rings. The first-order chi connectivity index (χ1) is 28.4. The summed E-state index contributed by atoms with van der Waals surface area (Å²) < 4.78 is 16.7. The van der Waals surface area contributed by atoms with Gasteiger partial charge in [0.2, 0.25) is 0 Å². The minimum atomic E-state index is -0.759. The van der Waals surface area contributed by atoms with Crippen LogP contribution in [0.15, 0.2) is 0 Å². The SMILES string of the molecule is CCCCCCCCCCCCCCCCCCCCCC(=O)OC[C@@H](COC(=O)CCCCCCCCC)OC(=O)CCCCCCCCCCCCCC(C)C. The van der Waals surface area contributed by atoms with Gasteiger partial charge in [-0.1, -0.05) is 252 Å². The molecule has 0 spiro atoms. The number of carbonyl (C=O) groups excluding carboxylic acids is 3. The summed E-state index contributed by atoms with van der Waals surface area (Å²) >= 11 is 0. The number of carbonyl (C=O) groups is 3. The topological polar surface area (TPSA) is 78.9 Å². The molecule has 0 amide bonds. The van der Waals surface area contributed by atoms with Gasteiger partial charge >= 0.3 is 17.9 Å². The van der Waals surface area contributed by atoms with Crippen molar-refractivity contribution in [3.05, 3.63) is 0 Å². The second-order valence-corrected chi connectivity index (χ2v) is 18.3. The number of unbranched alkanes of at least 4 members (excludes halogenated alkanes) is 34. The van der Waals surface area contributed by atoms with Crippen LogP contribution in [0.25, 0.3) is 0 Å². The first kappa shape index (κ1) is 56.4. The van der Waals surface area contributed by atoms with Gasteiger partial charge in [0.25, 0.3) is 0 Å². The Hall–Kier alpha value is -1.59. The molecule has 344 valence electrons. The number of ether oxygens (including phenoxy) is 3. The lowest BCUT2D eigenvalue weighted by Crippen LogP contribution is -2.30. The molecular formula is C52H100O6. The van der Waals surface area contributed by atoms with Gasteiger partial charge in [-0.2, -0.15) is 0 Å². The number of hydrogen-bond acceptors (Lipinski definition) is 6. The van der Waals surface area contributed by atoms with Crippen molar-refractivity contribution in [3.8, 4) is 0 Å². The minimum Gasteiger partial charge on any atom is -0.462 e. The van der Waals surface area contributed by atoms with Crippen LogP contribution in [0.3, 0.4) is 0 Å². The quantitative estimate of drug-likeness (QED) is 0.0346. The number of rotatable bonds is 47. The zero-order valence-electron chi connectivity index (χ0n) is 39.5. The predicted octanol–water partition coefficient (Wildman–Crippen LogP) is 16.7. The fourth-order valence-electron chi connectivity index (χ4n) is 7.86. The Labute approximate surface area is 361 Å². The summed E-state index contributed by atoms with van der Waals surface area (Å²) in [5.74, 6) is -0.0277. The van der Waals surface area contributed by atoms with Gasteiger partial charge in [0.1, 0.15) is 13.2 Å². The number of hydrogen-bond donors (Lipinski definition) is 0. The summed E-state index contributed by atoms with van der Waals surface area (Å²) in [5.41, 5.74) is 0. The largest absolute Gasteiger partial charge is 0.462 e. The lowest BCUT2D eigenvalue weighted by molar-refractivity contribution is -0.167. The lowest BCUT2D eigenvalue weighted by atomic mass is 10.0. The summed E-state index contributed by atoms with van der Waals surface area (Å²) in [6, 6.07) is 0. The van der Waals surface area contributed by atoms with Gasteiger partial charge in [0.05, 0.1) is 0 Å². The van der Waals surface area contributed by atoms with E-state index in [1.54, 1.807) is 0 Å². The predicted molar refractivity (Wildman–Crippen MR) is 247 cm³/mol. The standard InChI is InChI=1S/C52H100O6/c1-5-7-9-11-13-14-15-16-17-18-19-20-21-22-25-28-32-36-40-44-51(54)57-47-49(46-56-50(53)43-39-35-30-12-10-8-6-2)58-52(55)45-41-37-33-29-26-23-24-27-31-34-38-42-48(3)4/h48-49H,5-47H2,1-4H3/t49-/m1/s1. The van der Waals surface area contributed by atoms with E-state index >= 15 is 0 Å². The van der Waals surface area contributed by atoms with Crippen LogP contribution in [0.1, 0.15) is 291 Å².